The summed E-state index contributed by atoms with van der Waals surface area (Å²) in [6.45, 7) is 5.74. The molecule has 0 unspecified atom stereocenters. The third-order valence-corrected chi connectivity index (χ3v) is 4.70. The second-order valence-electron chi connectivity index (χ2n) is 6.21. The van der Waals surface area contributed by atoms with E-state index >= 15 is 0 Å². The number of halogens is 1. The van der Waals surface area contributed by atoms with Crippen LogP contribution in [0.3, 0.4) is 0 Å². The minimum absolute atomic E-state index is 0.0803. The van der Waals surface area contributed by atoms with Crippen molar-refractivity contribution in [1.29, 1.82) is 0 Å². The monoisotopic (exact) mass is 328 g/mol. The van der Waals surface area contributed by atoms with E-state index in [1.165, 1.54) is 0 Å². The van der Waals surface area contributed by atoms with E-state index in [1.54, 1.807) is 6.92 Å². The van der Waals surface area contributed by atoms with E-state index in [0.717, 1.165) is 33.9 Å². The Kier molecular flexibility index (Phi) is 4.31. The van der Waals surface area contributed by atoms with Gasteiger partial charge in [-0.25, -0.2) is 0 Å². The Labute approximate surface area is 142 Å². The quantitative estimate of drug-likeness (QED) is 0.846. The Balaban J connectivity index is 1.97. The van der Waals surface area contributed by atoms with E-state index in [2.05, 4.69) is 18.3 Å². The number of para-hydroxylation sites is 1. The molecule has 3 nitrogen and oxygen atoms in total. The van der Waals surface area contributed by atoms with Crippen molar-refractivity contribution in [3.63, 3.8) is 0 Å². The number of hydrogen-bond acceptors (Lipinski definition) is 2. The predicted octanol–water partition coefficient (Wildman–Crippen LogP) is 4.95. The molecule has 1 amide bonds. The third kappa shape index (κ3) is 3.06. The normalized spacial score (nSPS) is 20.1. The number of aryl methyl sites for hydroxylation is 1. The molecule has 0 aliphatic carbocycles. The van der Waals surface area contributed by atoms with Crippen LogP contribution in [0.1, 0.15) is 37.4 Å². The standard InChI is InChI=1S/C19H21ClN2O/c1-12-8-9-17(16(20)10-12)21-18-11-13(2)22(14(3)23)19-7-5-4-6-15(18)19/h4-10,13,18,21H,11H2,1-3H3/t13-,18+/m1/s1. The average molecular weight is 329 g/mol. The van der Waals surface area contributed by atoms with Crippen LogP contribution < -0.4 is 10.2 Å². The van der Waals surface area contributed by atoms with E-state index in [9.17, 15) is 4.79 Å². The van der Waals surface area contributed by atoms with Gasteiger partial charge in [0.25, 0.3) is 0 Å². The van der Waals surface area contributed by atoms with Crippen LogP contribution in [0.5, 0.6) is 0 Å². The topological polar surface area (TPSA) is 32.3 Å². The molecular weight excluding hydrogens is 308 g/mol. The number of carbonyl (C=O) groups excluding carboxylic acids is 1. The van der Waals surface area contributed by atoms with Gasteiger partial charge in [0.15, 0.2) is 0 Å². The molecule has 0 bridgehead atoms. The number of nitrogens with one attached hydrogen (secondary N) is 1. The molecule has 2 aromatic carbocycles. The van der Waals surface area contributed by atoms with Crippen LogP contribution in [0, 0.1) is 6.92 Å². The van der Waals surface area contributed by atoms with Crippen molar-refractivity contribution in [1.82, 2.24) is 0 Å². The van der Waals surface area contributed by atoms with Crippen LogP contribution in [0.25, 0.3) is 0 Å². The van der Waals surface area contributed by atoms with Gasteiger partial charge in [-0.15, -0.1) is 0 Å². The van der Waals surface area contributed by atoms with Gasteiger partial charge in [0.1, 0.15) is 0 Å². The predicted molar refractivity (Wildman–Crippen MR) is 96.2 cm³/mol. The van der Waals surface area contributed by atoms with Crippen LogP contribution >= 0.6 is 11.6 Å². The maximum Gasteiger partial charge on any atom is 0.224 e. The molecule has 0 radical (unpaired) electrons. The Morgan fingerprint density at radius 1 is 1.26 bits per heavy atom. The van der Waals surface area contributed by atoms with Crippen molar-refractivity contribution in [2.75, 3.05) is 10.2 Å². The van der Waals surface area contributed by atoms with E-state index in [0.29, 0.717) is 0 Å². The Morgan fingerprint density at radius 3 is 2.70 bits per heavy atom. The minimum Gasteiger partial charge on any atom is -0.377 e. The maximum atomic E-state index is 12.0. The Morgan fingerprint density at radius 2 is 2.00 bits per heavy atom. The molecule has 1 aliphatic heterocycles. The van der Waals surface area contributed by atoms with Crippen LogP contribution in [0.2, 0.25) is 5.02 Å². The van der Waals surface area contributed by atoms with Crippen LogP contribution in [0.15, 0.2) is 42.5 Å². The SMILES string of the molecule is CC(=O)N1c2ccccc2[C@@H](Nc2ccc(C)cc2Cl)C[C@H]1C. The number of carbonyl (C=O) groups is 1. The van der Waals surface area contributed by atoms with Crippen molar-refractivity contribution in [3.8, 4) is 0 Å². The first-order valence-corrected chi connectivity index (χ1v) is 8.26. The molecule has 1 heterocycles. The molecule has 0 saturated heterocycles. The van der Waals surface area contributed by atoms with Gasteiger partial charge in [0.05, 0.1) is 16.8 Å². The van der Waals surface area contributed by atoms with E-state index < -0.39 is 0 Å². The molecule has 2 atom stereocenters. The molecule has 3 rings (SSSR count). The third-order valence-electron chi connectivity index (χ3n) is 4.38. The number of benzene rings is 2. The first kappa shape index (κ1) is 15.9. The van der Waals surface area contributed by atoms with E-state index in [4.69, 9.17) is 11.6 Å². The molecule has 1 aliphatic rings. The summed E-state index contributed by atoms with van der Waals surface area (Å²) in [6.07, 6.45) is 0.848. The highest BCUT2D eigenvalue weighted by Gasteiger charge is 2.32. The molecule has 0 aromatic heterocycles. The van der Waals surface area contributed by atoms with Crippen LogP contribution in [-0.4, -0.2) is 11.9 Å². The zero-order valence-electron chi connectivity index (χ0n) is 13.6. The minimum atomic E-state index is 0.0803. The summed E-state index contributed by atoms with van der Waals surface area (Å²) in [6, 6.07) is 14.4. The maximum absolute atomic E-state index is 12.0. The van der Waals surface area contributed by atoms with Crippen molar-refractivity contribution in [3.05, 3.63) is 58.6 Å². The van der Waals surface area contributed by atoms with Crippen LogP contribution in [-0.2, 0) is 4.79 Å². The molecule has 0 spiro atoms. The summed E-state index contributed by atoms with van der Waals surface area (Å²) in [5, 5.41) is 4.28. The lowest BCUT2D eigenvalue weighted by Crippen LogP contribution is -2.43. The largest absolute Gasteiger partial charge is 0.377 e. The summed E-state index contributed by atoms with van der Waals surface area (Å²) in [4.78, 5) is 13.9. The molecule has 0 saturated carbocycles. The fourth-order valence-corrected chi connectivity index (χ4v) is 3.64. The number of hydrogen-bond donors (Lipinski definition) is 1. The molecule has 0 fully saturated rings. The van der Waals surface area contributed by atoms with Gasteiger partial charge in [-0.3, -0.25) is 4.79 Å². The zero-order chi connectivity index (χ0) is 16.6. The summed E-state index contributed by atoms with van der Waals surface area (Å²) >= 11 is 6.36. The summed E-state index contributed by atoms with van der Waals surface area (Å²) in [5.41, 5.74) is 4.19. The summed E-state index contributed by atoms with van der Waals surface area (Å²) in [5.74, 6) is 0.0803. The molecule has 1 N–H and O–H groups in total. The second kappa shape index (κ2) is 6.25. The highest BCUT2D eigenvalue weighted by molar-refractivity contribution is 6.33. The van der Waals surface area contributed by atoms with Gasteiger partial charge in [-0.1, -0.05) is 35.9 Å². The number of nitrogens with zero attached hydrogens (tertiary/aromatic N) is 1. The molecule has 23 heavy (non-hydrogen) atoms. The molecule has 2 aromatic rings. The van der Waals surface area contributed by atoms with Crippen molar-refractivity contribution >= 4 is 28.9 Å². The molecular formula is C19H21ClN2O. The van der Waals surface area contributed by atoms with E-state index in [-0.39, 0.29) is 18.0 Å². The first-order chi connectivity index (χ1) is 11.0. The second-order valence-corrected chi connectivity index (χ2v) is 6.62. The van der Waals surface area contributed by atoms with Crippen molar-refractivity contribution in [2.45, 2.75) is 39.3 Å². The van der Waals surface area contributed by atoms with Gasteiger partial charge in [-0.05, 0) is 49.6 Å². The summed E-state index contributed by atoms with van der Waals surface area (Å²) in [7, 11) is 0. The lowest BCUT2D eigenvalue weighted by atomic mass is 9.91. The molecule has 120 valence electrons. The van der Waals surface area contributed by atoms with Gasteiger partial charge < -0.3 is 10.2 Å². The number of anilines is 2. The fourth-order valence-electron chi connectivity index (χ4n) is 3.35. The van der Waals surface area contributed by atoms with Crippen LogP contribution in [0.4, 0.5) is 11.4 Å². The van der Waals surface area contributed by atoms with Gasteiger partial charge in [0, 0.05) is 18.7 Å². The fraction of sp³-hybridized carbons (Fsp3) is 0.316. The number of amides is 1. The Hall–Kier alpha value is -2.00. The summed E-state index contributed by atoms with van der Waals surface area (Å²) < 4.78 is 0. The Bertz CT molecular complexity index is 744. The first-order valence-electron chi connectivity index (χ1n) is 7.89. The lowest BCUT2D eigenvalue weighted by molar-refractivity contribution is -0.117. The zero-order valence-corrected chi connectivity index (χ0v) is 14.4. The number of fused-ring (bicyclic) bond motifs is 1. The molecule has 4 heteroatoms. The average Bonchev–Trinajstić information content (AvgIpc) is 2.49. The van der Waals surface area contributed by atoms with E-state index in [1.807, 2.05) is 48.2 Å². The smallest absolute Gasteiger partial charge is 0.224 e. The van der Waals surface area contributed by atoms with Gasteiger partial charge >= 0.3 is 0 Å². The highest BCUT2D eigenvalue weighted by atomic mass is 35.5. The van der Waals surface area contributed by atoms with Crippen molar-refractivity contribution < 1.29 is 4.79 Å². The van der Waals surface area contributed by atoms with Gasteiger partial charge in [-0.2, -0.15) is 0 Å². The van der Waals surface area contributed by atoms with Crippen molar-refractivity contribution in [2.24, 2.45) is 0 Å². The lowest BCUT2D eigenvalue weighted by Gasteiger charge is -2.39. The van der Waals surface area contributed by atoms with Gasteiger partial charge in [0.2, 0.25) is 5.91 Å². The number of rotatable bonds is 2. The highest BCUT2D eigenvalue weighted by Crippen LogP contribution is 2.39.